The first-order chi connectivity index (χ1) is 12.7. The van der Waals surface area contributed by atoms with Gasteiger partial charge in [0.25, 0.3) is 0 Å². The highest BCUT2D eigenvalue weighted by Gasteiger charge is 2.34. The van der Waals surface area contributed by atoms with Crippen LogP contribution in [0.15, 0.2) is 49.3 Å². The Bertz CT molecular complexity index is 896. The summed E-state index contributed by atoms with van der Waals surface area (Å²) in [5.41, 5.74) is 2.91. The van der Waals surface area contributed by atoms with Crippen LogP contribution in [0.5, 0.6) is 0 Å². The highest BCUT2D eigenvalue weighted by Crippen LogP contribution is 2.28. The summed E-state index contributed by atoms with van der Waals surface area (Å²) < 4.78 is 3.57. The van der Waals surface area contributed by atoms with Gasteiger partial charge in [0.2, 0.25) is 5.91 Å². The molecule has 0 aliphatic carbocycles. The summed E-state index contributed by atoms with van der Waals surface area (Å²) >= 11 is 0. The molecule has 4 heterocycles. The maximum absolute atomic E-state index is 12.7. The number of carbonyl (C=O) groups is 1. The molecule has 1 aliphatic heterocycles. The first-order valence-electron chi connectivity index (χ1n) is 8.60. The molecule has 3 aromatic rings. The van der Waals surface area contributed by atoms with E-state index in [0.717, 1.165) is 17.7 Å². The van der Waals surface area contributed by atoms with Gasteiger partial charge < -0.3 is 10.6 Å². The summed E-state index contributed by atoms with van der Waals surface area (Å²) in [6.45, 7) is 2.09. The maximum Gasteiger partial charge on any atom is 0.229 e. The van der Waals surface area contributed by atoms with Crippen LogP contribution in [0.4, 0.5) is 5.69 Å². The Labute approximate surface area is 175 Å². The Morgan fingerprint density at radius 3 is 2.68 bits per heavy atom. The lowest BCUT2D eigenvalue weighted by Crippen LogP contribution is -2.27. The zero-order valence-electron chi connectivity index (χ0n) is 15.4. The molecule has 0 spiro atoms. The lowest BCUT2D eigenvalue weighted by Gasteiger charge is -2.16. The Kier molecular flexibility index (Phi) is 7.56. The highest BCUT2D eigenvalue weighted by molar-refractivity contribution is 5.93. The smallest absolute Gasteiger partial charge is 0.229 e. The molecule has 3 aromatic heterocycles. The first kappa shape index (κ1) is 21.9. The molecule has 1 aliphatic rings. The fraction of sp³-hybridized carbons (Fsp3) is 0.333. The van der Waals surface area contributed by atoms with Crippen LogP contribution in [0.3, 0.4) is 0 Å². The average molecular weight is 424 g/mol. The quantitative estimate of drug-likeness (QED) is 0.653. The summed E-state index contributed by atoms with van der Waals surface area (Å²) in [5, 5.41) is 14.9. The van der Waals surface area contributed by atoms with Crippen LogP contribution in [0.2, 0.25) is 0 Å². The average Bonchev–Trinajstić information content (AvgIpc) is 3.36. The largest absolute Gasteiger partial charge is 0.323 e. The van der Waals surface area contributed by atoms with E-state index in [0.29, 0.717) is 18.8 Å². The van der Waals surface area contributed by atoms with E-state index >= 15 is 0 Å². The number of hydrogen-bond donors (Lipinski definition) is 2. The molecule has 10 heteroatoms. The first-order valence-corrected chi connectivity index (χ1v) is 8.60. The summed E-state index contributed by atoms with van der Waals surface area (Å²) in [6, 6.07) is 3.89. The zero-order chi connectivity index (χ0) is 17.9. The van der Waals surface area contributed by atoms with Gasteiger partial charge in [-0.15, -0.1) is 24.8 Å². The van der Waals surface area contributed by atoms with E-state index < -0.39 is 0 Å². The maximum atomic E-state index is 12.7. The van der Waals surface area contributed by atoms with E-state index in [2.05, 4.69) is 25.8 Å². The SMILES string of the molecule is Cl.Cl.Cn1cc([C@H]2CNC[C@@H]2C(=O)Nc2cnn(Cc3ccncc3)c2)cn1. The Morgan fingerprint density at radius 2 is 1.96 bits per heavy atom. The fourth-order valence-corrected chi connectivity index (χ4v) is 3.36. The summed E-state index contributed by atoms with van der Waals surface area (Å²) in [6.07, 6.45) is 10.9. The lowest BCUT2D eigenvalue weighted by atomic mass is 9.90. The van der Waals surface area contributed by atoms with E-state index in [-0.39, 0.29) is 42.6 Å². The summed E-state index contributed by atoms with van der Waals surface area (Å²) in [7, 11) is 1.89. The molecule has 150 valence electrons. The van der Waals surface area contributed by atoms with Gasteiger partial charge in [-0.2, -0.15) is 10.2 Å². The fourth-order valence-electron chi connectivity index (χ4n) is 3.36. The molecule has 0 unspecified atom stereocenters. The zero-order valence-corrected chi connectivity index (χ0v) is 17.0. The number of nitrogens with zero attached hydrogens (tertiary/aromatic N) is 5. The van der Waals surface area contributed by atoms with Crippen LogP contribution < -0.4 is 10.6 Å². The second-order valence-corrected chi connectivity index (χ2v) is 6.59. The van der Waals surface area contributed by atoms with E-state index in [4.69, 9.17) is 0 Å². The molecule has 0 saturated carbocycles. The third kappa shape index (κ3) is 4.89. The number of aromatic nitrogens is 5. The van der Waals surface area contributed by atoms with E-state index in [1.54, 1.807) is 28.0 Å². The molecule has 1 saturated heterocycles. The van der Waals surface area contributed by atoms with Gasteiger partial charge >= 0.3 is 0 Å². The van der Waals surface area contributed by atoms with Gasteiger partial charge in [-0.1, -0.05) is 0 Å². The van der Waals surface area contributed by atoms with Crippen LogP contribution in [-0.2, 0) is 18.4 Å². The van der Waals surface area contributed by atoms with Gasteiger partial charge in [-0.05, 0) is 23.3 Å². The van der Waals surface area contributed by atoms with Crippen LogP contribution in [-0.4, -0.2) is 43.5 Å². The van der Waals surface area contributed by atoms with Crippen LogP contribution in [0.25, 0.3) is 0 Å². The number of anilines is 1. The molecular weight excluding hydrogens is 401 g/mol. The van der Waals surface area contributed by atoms with E-state index in [1.165, 1.54) is 0 Å². The van der Waals surface area contributed by atoms with Crippen molar-refractivity contribution in [2.45, 2.75) is 12.5 Å². The number of carbonyl (C=O) groups excluding carboxylic acids is 1. The Hall–Kier alpha value is -2.42. The van der Waals surface area contributed by atoms with Crippen LogP contribution in [0, 0.1) is 5.92 Å². The lowest BCUT2D eigenvalue weighted by molar-refractivity contribution is -0.119. The molecule has 4 rings (SSSR count). The van der Waals surface area contributed by atoms with Gasteiger partial charge in [0.15, 0.2) is 0 Å². The van der Waals surface area contributed by atoms with Gasteiger partial charge in [0, 0.05) is 50.8 Å². The van der Waals surface area contributed by atoms with Crippen molar-refractivity contribution in [3.8, 4) is 0 Å². The highest BCUT2D eigenvalue weighted by atomic mass is 35.5. The summed E-state index contributed by atoms with van der Waals surface area (Å²) in [5.74, 6) is 0.0191. The third-order valence-electron chi connectivity index (χ3n) is 4.70. The van der Waals surface area contributed by atoms with Gasteiger partial charge in [-0.25, -0.2) is 0 Å². The number of halogens is 2. The number of nitrogens with one attached hydrogen (secondary N) is 2. The van der Waals surface area contributed by atoms with Gasteiger partial charge in [-0.3, -0.25) is 19.1 Å². The molecule has 8 nitrogen and oxygen atoms in total. The molecule has 28 heavy (non-hydrogen) atoms. The molecule has 0 radical (unpaired) electrons. The summed E-state index contributed by atoms with van der Waals surface area (Å²) in [4.78, 5) is 16.8. The number of hydrogen-bond acceptors (Lipinski definition) is 5. The van der Waals surface area contributed by atoms with Crippen molar-refractivity contribution >= 4 is 36.4 Å². The van der Waals surface area contributed by atoms with E-state index in [1.807, 2.05) is 37.8 Å². The van der Waals surface area contributed by atoms with Crippen molar-refractivity contribution < 1.29 is 4.79 Å². The number of aryl methyl sites for hydroxylation is 1. The minimum absolute atomic E-state index is 0. The minimum atomic E-state index is -0.122. The van der Waals surface area contributed by atoms with E-state index in [9.17, 15) is 4.79 Å². The number of pyridine rings is 1. The second kappa shape index (κ2) is 9.68. The Balaban J connectivity index is 0.00000140. The normalized spacial score (nSPS) is 18.2. The molecule has 2 atom stereocenters. The van der Waals surface area contributed by atoms with Crippen molar-refractivity contribution in [3.63, 3.8) is 0 Å². The molecule has 1 fully saturated rings. The minimum Gasteiger partial charge on any atom is -0.323 e. The second-order valence-electron chi connectivity index (χ2n) is 6.59. The number of rotatable bonds is 5. The molecule has 0 bridgehead atoms. The van der Waals surface area contributed by atoms with Crippen molar-refractivity contribution in [1.82, 2.24) is 29.9 Å². The van der Waals surface area contributed by atoms with Crippen molar-refractivity contribution in [2.24, 2.45) is 13.0 Å². The molecular formula is C18H23Cl2N7O. The Morgan fingerprint density at radius 1 is 1.18 bits per heavy atom. The van der Waals surface area contributed by atoms with Gasteiger partial charge in [0.05, 0.1) is 30.5 Å². The van der Waals surface area contributed by atoms with Crippen LogP contribution >= 0.6 is 24.8 Å². The van der Waals surface area contributed by atoms with Crippen molar-refractivity contribution in [3.05, 3.63) is 60.4 Å². The molecule has 2 N–H and O–H groups in total. The van der Waals surface area contributed by atoms with Crippen molar-refractivity contribution in [1.29, 1.82) is 0 Å². The third-order valence-corrected chi connectivity index (χ3v) is 4.70. The topological polar surface area (TPSA) is 89.7 Å². The standard InChI is InChI=1S/C18H21N7O.2ClH/c1-24-11-14(6-21-24)16-8-20-9-17(16)18(26)23-15-7-22-25(12-15)10-13-2-4-19-5-3-13;;/h2-7,11-12,16-17,20H,8-10H2,1H3,(H,23,26);2*1H/t16-,17+;;/m1../s1. The van der Waals surface area contributed by atoms with Gasteiger partial charge in [0.1, 0.15) is 0 Å². The van der Waals surface area contributed by atoms with Crippen molar-refractivity contribution in [2.75, 3.05) is 18.4 Å². The molecule has 0 aromatic carbocycles. The van der Waals surface area contributed by atoms with Crippen LogP contribution in [0.1, 0.15) is 17.0 Å². The predicted octanol–water partition coefficient (Wildman–Crippen LogP) is 1.85. The predicted molar refractivity (Wildman–Crippen MR) is 111 cm³/mol. The monoisotopic (exact) mass is 423 g/mol. The number of amides is 1. The molecule has 1 amide bonds.